The fourth-order valence-corrected chi connectivity index (χ4v) is 2.75. The van der Waals surface area contributed by atoms with E-state index in [9.17, 15) is 0 Å². The molecule has 2 aliphatic rings. The molecule has 0 saturated carbocycles. The molecule has 2 fully saturated rings. The van der Waals surface area contributed by atoms with E-state index in [-0.39, 0.29) is 5.79 Å². The van der Waals surface area contributed by atoms with Gasteiger partial charge >= 0.3 is 0 Å². The van der Waals surface area contributed by atoms with Crippen LogP contribution in [0.2, 0.25) is 0 Å². The van der Waals surface area contributed by atoms with E-state index in [2.05, 4.69) is 22.1 Å². The Bertz CT molecular complexity index is 442. The van der Waals surface area contributed by atoms with Crippen molar-refractivity contribution in [2.75, 3.05) is 31.2 Å². The smallest absolute Gasteiger partial charge is 0.171 e. The van der Waals surface area contributed by atoms with Crippen LogP contribution in [0.15, 0.2) is 29.4 Å². The van der Waals surface area contributed by atoms with Crippen molar-refractivity contribution < 1.29 is 9.47 Å². The normalized spacial score (nSPS) is 22.4. The largest absolute Gasteiger partial charge is 0.371 e. The number of ether oxygens (including phenoxy) is 2. The van der Waals surface area contributed by atoms with E-state index < -0.39 is 0 Å². The highest BCUT2D eigenvalue weighted by molar-refractivity contribution is 5.80. The van der Waals surface area contributed by atoms with Crippen LogP contribution in [0.3, 0.4) is 0 Å². The van der Waals surface area contributed by atoms with Crippen molar-refractivity contribution in [3.8, 4) is 0 Å². The molecule has 2 aliphatic heterocycles. The lowest BCUT2D eigenvalue weighted by Gasteiger charge is -2.38. The highest BCUT2D eigenvalue weighted by Gasteiger charge is 2.39. The van der Waals surface area contributed by atoms with Crippen LogP contribution in [-0.4, -0.2) is 38.3 Å². The van der Waals surface area contributed by atoms with Crippen LogP contribution in [0.5, 0.6) is 0 Å². The lowest BCUT2D eigenvalue weighted by atomic mass is 10.0. The summed E-state index contributed by atoms with van der Waals surface area (Å²) in [7, 11) is 0. The van der Waals surface area contributed by atoms with Gasteiger partial charge in [-0.15, -0.1) is 0 Å². The van der Waals surface area contributed by atoms with Crippen molar-refractivity contribution >= 4 is 11.9 Å². The number of hydrogen-bond acceptors (Lipinski definition) is 5. The number of hydrazone groups is 1. The van der Waals surface area contributed by atoms with Gasteiger partial charge in [-0.2, -0.15) is 5.10 Å². The first-order valence-electron chi connectivity index (χ1n) is 6.68. The van der Waals surface area contributed by atoms with Crippen LogP contribution in [0.1, 0.15) is 18.4 Å². The standard InChI is InChI=1S/C14H19N3O2/c15-16-11-12-1-3-13(4-2-12)17-7-5-14(6-8-17)18-9-10-19-14/h1-4,11H,5-10,15H2. The Morgan fingerprint density at radius 3 is 2.32 bits per heavy atom. The van der Waals surface area contributed by atoms with Crippen molar-refractivity contribution in [1.29, 1.82) is 0 Å². The van der Waals surface area contributed by atoms with Gasteiger partial charge in [0.05, 0.1) is 19.4 Å². The lowest BCUT2D eigenvalue weighted by molar-refractivity contribution is -0.169. The number of anilines is 1. The molecule has 2 saturated heterocycles. The summed E-state index contributed by atoms with van der Waals surface area (Å²) in [6.07, 6.45) is 3.51. The third-order valence-corrected chi connectivity index (χ3v) is 3.82. The van der Waals surface area contributed by atoms with Gasteiger partial charge < -0.3 is 20.2 Å². The van der Waals surface area contributed by atoms with E-state index in [1.807, 2.05) is 12.1 Å². The molecule has 5 nitrogen and oxygen atoms in total. The Morgan fingerprint density at radius 1 is 1.11 bits per heavy atom. The quantitative estimate of drug-likeness (QED) is 0.495. The average Bonchev–Trinajstić information content (AvgIpc) is 2.90. The molecule has 0 bridgehead atoms. The highest BCUT2D eigenvalue weighted by atomic mass is 16.7. The molecule has 0 aromatic heterocycles. The van der Waals surface area contributed by atoms with Crippen LogP contribution in [0, 0.1) is 0 Å². The number of nitrogens with zero attached hydrogens (tertiary/aromatic N) is 2. The van der Waals surface area contributed by atoms with Gasteiger partial charge in [-0.05, 0) is 17.7 Å². The molecule has 0 radical (unpaired) electrons. The topological polar surface area (TPSA) is 60.1 Å². The SMILES string of the molecule is NN=Cc1ccc(N2CCC3(CC2)OCCO3)cc1. The van der Waals surface area contributed by atoms with Crippen LogP contribution < -0.4 is 10.7 Å². The minimum Gasteiger partial charge on any atom is -0.371 e. The molecular formula is C14H19N3O2. The number of rotatable bonds is 2. The van der Waals surface area contributed by atoms with Crippen molar-refractivity contribution in [3.05, 3.63) is 29.8 Å². The minimum atomic E-state index is -0.303. The molecule has 102 valence electrons. The highest BCUT2D eigenvalue weighted by Crippen LogP contribution is 2.33. The van der Waals surface area contributed by atoms with Gasteiger partial charge in [-0.3, -0.25) is 0 Å². The molecule has 0 atom stereocenters. The fraction of sp³-hybridized carbons (Fsp3) is 0.500. The van der Waals surface area contributed by atoms with Crippen molar-refractivity contribution in [1.82, 2.24) is 0 Å². The Morgan fingerprint density at radius 2 is 1.74 bits per heavy atom. The summed E-state index contributed by atoms with van der Waals surface area (Å²) < 4.78 is 11.5. The summed E-state index contributed by atoms with van der Waals surface area (Å²) in [6, 6.07) is 8.26. The maximum absolute atomic E-state index is 5.74. The number of benzene rings is 1. The van der Waals surface area contributed by atoms with E-state index in [1.54, 1.807) is 6.21 Å². The van der Waals surface area contributed by atoms with E-state index in [4.69, 9.17) is 15.3 Å². The Labute approximate surface area is 113 Å². The predicted octanol–water partition coefficient (Wildman–Crippen LogP) is 1.32. The summed E-state index contributed by atoms with van der Waals surface area (Å²) in [6.45, 7) is 3.38. The maximum atomic E-state index is 5.74. The molecule has 5 heteroatoms. The van der Waals surface area contributed by atoms with E-state index in [0.717, 1.165) is 44.7 Å². The maximum Gasteiger partial charge on any atom is 0.171 e. The summed E-state index contributed by atoms with van der Waals surface area (Å²) in [5, 5.41) is 3.52. The second kappa shape index (κ2) is 5.19. The molecule has 3 rings (SSSR count). The summed E-state index contributed by atoms with van der Waals surface area (Å²) in [5.41, 5.74) is 2.24. The zero-order valence-electron chi connectivity index (χ0n) is 10.9. The van der Waals surface area contributed by atoms with Gasteiger partial charge in [0.2, 0.25) is 0 Å². The van der Waals surface area contributed by atoms with Crippen molar-refractivity contribution in [2.45, 2.75) is 18.6 Å². The average molecular weight is 261 g/mol. The zero-order chi connectivity index (χ0) is 13.1. The molecule has 1 spiro atoms. The van der Waals surface area contributed by atoms with Crippen LogP contribution >= 0.6 is 0 Å². The third-order valence-electron chi connectivity index (χ3n) is 3.82. The summed E-state index contributed by atoms with van der Waals surface area (Å²) in [5.74, 6) is 4.84. The summed E-state index contributed by atoms with van der Waals surface area (Å²) in [4.78, 5) is 2.36. The van der Waals surface area contributed by atoms with Crippen molar-refractivity contribution in [3.63, 3.8) is 0 Å². The number of piperidine rings is 1. The number of nitrogens with two attached hydrogens (primary N) is 1. The molecule has 0 amide bonds. The van der Waals surface area contributed by atoms with E-state index in [0.29, 0.717) is 0 Å². The van der Waals surface area contributed by atoms with E-state index in [1.165, 1.54) is 5.69 Å². The Kier molecular flexibility index (Phi) is 3.40. The van der Waals surface area contributed by atoms with Gasteiger partial charge in [0.15, 0.2) is 5.79 Å². The fourth-order valence-electron chi connectivity index (χ4n) is 2.75. The first-order valence-corrected chi connectivity index (χ1v) is 6.68. The lowest BCUT2D eigenvalue weighted by Crippen LogP contribution is -2.45. The number of hydrogen-bond donors (Lipinski definition) is 1. The molecular weight excluding hydrogens is 242 g/mol. The summed E-state index contributed by atoms with van der Waals surface area (Å²) >= 11 is 0. The van der Waals surface area contributed by atoms with Crippen LogP contribution in [0.25, 0.3) is 0 Å². The molecule has 2 heterocycles. The first-order chi connectivity index (χ1) is 9.31. The molecule has 2 N–H and O–H groups in total. The minimum absolute atomic E-state index is 0.303. The first kappa shape index (κ1) is 12.4. The molecule has 1 aromatic rings. The van der Waals surface area contributed by atoms with Crippen molar-refractivity contribution in [2.24, 2.45) is 10.9 Å². The van der Waals surface area contributed by atoms with Gasteiger partial charge in [0.1, 0.15) is 0 Å². The second-order valence-corrected chi connectivity index (χ2v) is 4.96. The zero-order valence-corrected chi connectivity index (χ0v) is 10.9. The monoisotopic (exact) mass is 261 g/mol. The van der Waals surface area contributed by atoms with Gasteiger partial charge in [-0.25, -0.2) is 0 Å². The Hall–Kier alpha value is -1.59. The predicted molar refractivity (Wildman–Crippen MR) is 74.3 cm³/mol. The molecule has 1 aromatic carbocycles. The van der Waals surface area contributed by atoms with Gasteiger partial charge in [0.25, 0.3) is 0 Å². The van der Waals surface area contributed by atoms with Crippen LogP contribution in [-0.2, 0) is 9.47 Å². The van der Waals surface area contributed by atoms with Gasteiger partial charge in [0, 0.05) is 31.6 Å². The Balaban J connectivity index is 1.64. The molecule has 0 unspecified atom stereocenters. The van der Waals surface area contributed by atoms with Gasteiger partial charge in [-0.1, -0.05) is 12.1 Å². The molecule has 0 aliphatic carbocycles. The second-order valence-electron chi connectivity index (χ2n) is 4.96. The molecule has 19 heavy (non-hydrogen) atoms. The third kappa shape index (κ3) is 2.57. The van der Waals surface area contributed by atoms with Crippen LogP contribution in [0.4, 0.5) is 5.69 Å². The van der Waals surface area contributed by atoms with E-state index >= 15 is 0 Å².